The molecule has 0 amide bonds. The molecule has 0 fully saturated rings. The highest BCUT2D eigenvalue weighted by molar-refractivity contribution is 6.34. The lowest BCUT2D eigenvalue weighted by Gasteiger charge is -2.16. The molecule has 0 spiro atoms. The van der Waals surface area contributed by atoms with Crippen molar-refractivity contribution in [1.82, 2.24) is 10.3 Å². The van der Waals surface area contributed by atoms with Crippen LogP contribution in [0.2, 0.25) is 10.0 Å². The van der Waals surface area contributed by atoms with Gasteiger partial charge in [-0.3, -0.25) is 4.98 Å². The number of pyridine rings is 1. The molecule has 15 heavy (non-hydrogen) atoms. The average Bonchev–Trinajstić information content (AvgIpc) is 2.14. The minimum atomic E-state index is 0.0901. The molecule has 0 aliphatic rings. The van der Waals surface area contributed by atoms with Gasteiger partial charge in [0, 0.05) is 6.20 Å². The number of rotatable bonds is 4. The van der Waals surface area contributed by atoms with Crippen LogP contribution in [-0.4, -0.2) is 12.0 Å². The minimum absolute atomic E-state index is 0.0901. The lowest BCUT2D eigenvalue weighted by atomic mass is 10.1. The highest BCUT2D eigenvalue weighted by Gasteiger charge is 2.14. The second-order valence-electron chi connectivity index (χ2n) is 3.52. The van der Waals surface area contributed by atoms with Crippen LogP contribution >= 0.6 is 23.2 Å². The van der Waals surface area contributed by atoms with E-state index in [-0.39, 0.29) is 6.04 Å². The fourth-order valence-corrected chi connectivity index (χ4v) is 1.88. The summed E-state index contributed by atoms with van der Waals surface area (Å²) in [5.41, 5.74) is 1.90. The molecule has 82 valence electrons. The minimum Gasteiger partial charge on any atom is -0.311 e. The Hall–Kier alpha value is -0.570. The first-order chi connectivity index (χ1) is 7.04. The van der Waals surface area contributed by atoms with Crippen molar-refractivity contribution in [3.8, 4) is 0 Å². The van der Waals surface area contributed by atoms with Crippen LogP contribution in [-0.2, 0) is 0 Å². The summed E-state index contributed by atoms with van der Waals surface area (Å²) in [7, 11) is 1.88. The molecule has 4 heteroatoms. The van der Waals surface area contributed by atoms with E-state index in [4.69, 9.17) is 23.2 Å². The van der Waals surface area contributed by atoms with E-state index in [1.807, 2.05) is 14.0 Å². The average molecular weight is 245 g/mol. The van der Waals surface area contributed by atoms with Crippen molar-refractivity contribution in [2.45, 2.75) is 19.4 Å². The summed E-state index contributed by atoms with van der Waals surface area (Å²) in [5.74, 6) is 0. The van der Waals surface area contributed by atoms with Gasteiger partial charge in [0.25, 0.3) is 0 Å². The van der Waals surface area contributed by atoms with Crippen molar-refractivity contribution in [1.29, 1.82) is 0 Å². The summed E-state index contributed by atoms with van der Waals surface area (Å²) in [6.45, 7) is 5.86. The zero-order valence-electron chi connectivity index (χ0n) is 8.85. The standard InChI is InChI=1S/C11H14Cl2N2/c1-7(2)4-10(14-3)11-9(13)5-8(12)6-15-11/h5-6,10,14H,1,4H2,2-3H3. The third-order valence-electron chi connectivity index (χ3n) is 2.07. The molecule has 2 nitrogen and oxygen atoms in total. The third-order valence-corrected chi connectivity index (χ3v) is 2.58. The molecule has 1 aromatic rings. The molecule has 0 radical (unpaired) electrons. The van der Waals surface area contributed by atoms with Crippen LogP contribution in [0.25, 0.3) is 0 Å². The van der Waals surface area contributed by atoms with E-state index in [1.54, 1.807) is 12.3 Å². The van der Waals surface area contributed by atoms with Gasteiger partial charge in [-0.15, -0.1) is 6.58 Å². The Morgan fingerprint density at radius 1 is 1.60 bits per heavy atom. The Morgan fingerprint density at radius 3 is 2.73 bits per heavy atom. The Kier molecular flexibility index (Phi) is 4.58. The predicted molar refractivity (Wildman–Crippen MR) is 65.5 cm³/mol. The predicted octanol–water partition coefficient (Wildman–Crippen LogP) is 3.62. The first-order valence-corrected chi connectivity index (χ1v) is 5.42. The number of hydrogen-bond donors (Lipinski definition) is 1. The van der Waals surface area contributed by atoms with Crippen LogP contribution in [0, 0.1) is 0 Å². The summed E-state index contributed by atoms with van der Waals surface area (Å²) in [6.07, 6.45) is 2.41. The smallest absolute Gasteiger partial charge is 0.0763 e. The van der Waals surface area contributed by atoms with Crippen LogP contribution in [0.5, 0.6) is 0 Å². The van der Waals surface area contributed by atoms with Crippen LogP contribution in [0.4, 0.5) is 0 Å². The van der Waals surface area contributed by atoms with Crippen LogP contribution in [0.15, 0.2) is 24.4 Å². The second-order valence-corrected chi connectivity index (χ2v) is 4.37. The zero-order chi connectivity index (χ0) is 11.4. The van der Waals surface area contributed by atoms with Gasteiger partial charge in [-0.25, -0.2) is 0 Å². The van der Waals surface area contributed by atoms with Crippen molar-refractivity contribution in [3.05, 3.63) is 40.2 Å². The molecule has 1 rings (SSSR count). The highest BCUT2D eigenvalue weighted by atomic mass is 35.5. The Morgan fingerprint density at radius 2 is 2.27 bits per heavy atom. The molecule has 1 unspecified atom stereocenters. The largest absolute Gasteiger partial charge is 0.311 e. The van der Waals surface area contributed by atoms with Gasteiger partial charge in [-0.05, 0) is 26.5 Å². The number of nitrogens with one attached hydrogen (secondary N) is 1. The zero-order valence-corrected chi connectivity index (χ0v) is 10.4. The fourth-order valence-electron chi connectivity index (χ4n) is 1.37. The lowest BCUT2D eigenvalue weighted by Crippen LogP contribution is -2.18. The summed E-state index contributed by atoms with van der Waals surface area (Å²) in [5, 5.41) is 4.30. The van der Waals surface area contributed by atoms with E-state index in [0.717, 1.165) is 17.7 Å². The normalized spacial score (nSPS) is 12.5. The van der Waals surface area contributed by atoms with E-state index >= 15 is 0 Å². The summed E-state index contributed by atoms with van der Waals surface area (Å²) in [6, 6.07) is 1.79. The fraction of sp³-hybridized carbons (Fsp3) is 0.364. The summed E-state index contributed by atoms with van der Waals surface area (Å²) < 4.78 is 0. The second kappa shape index (κ2) is 5.50. The molecule has 1 aromatic heterocycles. The number of hydrogen-bond acceptors (Lipinski definition) is 2. The topological polar surface area (TPSA) is 24.9 Å². The maximum absolute atomic E-state index is 6.07. The molecule has 1 heterocycles. The van der Waals surface area contributed by atoms with Crippen molar-refractivity contribution in [3.63, 3.8) is 0 Å². The monoisotopic (exact) mass is 244 g/mol. The van der Waals surface area contributed by atoms with Crippen LogP contribution in [0.3, 0.4) is 0 Å². The van der Waals surface area contributed by atoms with Gasteiger partial charge >= 0.3 is 0 Å². The number of aromatic nitrogens is 1. The molecule has 1 N–H and O–H groups in total. The molecule has 0 saturated carbocycles. The van der Waals surface area contributed by atoms with Crippen molar-refractivity contribution < 1.29 is 0 Å². The summed E-state index contributed by atoms with van der Waals surface area (Å²) >= 11 is 11.9. The van der Waals surface area contributed by atoms with Crippen molar-refractivity contribution in [2.75, 3.05) is 7.05 Å². The first-order valence-electron chi connectivity index (χ1n) is 4.67. The van der Waals surface area contributed by atoms with Gasteiger partial charge in [0.15, 0.2) is 0 Å². The van der Waals surface area contributed by atoms with Crippen molar-refractivity contribution in [2.24, 2.45) is 0 Å². The Labute approximate surface area is 100 Å². The van der Waals surface area contributed by atoms with E-state index in [9.17, 15) is 0 Å². The molecule has 0 aliphatic carbocycles. The van der Waals surface area contributed by atoms with Gasteiger partial charge < -0.3 is 5.32 Å². The lowest BCUT2D eigenvalue weighted by molar-refractivity contribution is 0.574. The molecular weight excluding hydrogens is 231 g/mol. The van der Waals surface area contributed by atoms with Crippen molar-refractivity contribution >= 4 is 23.2 Å². The molecule has 1 atom stereocenters. The van der Waals surface area contributed by atoms with Crippen LogP contribution < -0.4 is 5.32 Å². The highest BCUT2D eigenvalue weighted by Crippen LogP contribution is 2.26. The third kappa shape index (κ3) is 3.49. The molecule has 0 saturated heterocycles. The molecular formula is C11H14Cl2N2. The van der Waals surface area contributed by atoms with E-state index in [0.29, 0.717) is 10.0 Å². The van der Waals surface area contributed by atoms with Gasteiger partial charge in [-0.2, -0.15) is 0 Å². The van der Waals surface area contributed by atoms with Gasteiger partial charge in [0.05, 0.1) is 21.8 Å². The van der Waals surface area contributed by atoms with Gasteiger partial charge in [0.1, 0.15) is 0 Å². The quantitative estimate of drug-likeness (QED) is 0.819. The number of halogens is 2. The van der Waals surface area contributed by atoms with Gasteiger partial charge in [-0.1, -0.05) is 28.8 Å². The van der Waals surface area contributed by atoms with E-state index in [2.05, 4.69) is 16.9 Å². The molecule has 0 aromatic carbocycles. The maximum Gasteiger partial charge on any atom is 0.0763 e. The molecule has 0 bridgehead atoms. The molecule has 0 aliphatic heterocycles. The maximum atomic E-state index is 6.07. The van der Waals surface area contributed by atoms with E-state index < -0.39 is 0 Å². The Balaban J connectivity index is 2.96. The van der Waals surface area contributed by atoms with Gasteiger partial charge in [0.2, 0.25) is 0 Å². The SMILES string of the molecule is C=C(C)CC(NC)c1ncc(Cl)cc1Cl. The Bertz CT molecular complexity index is 364. The number of nitrogens with zero attached hydrogens (tertiary/aromatic N) is 1. The first kappa shape index (κ1) is 12.5. The summed E-state index contributed by atoms with van der Waals surface area (Å²) in [4.78, 5) is 4.23. The van der Waals surface area contributed by atoms with E-state index in [1.165, 1.54) is 0 Å². The van der Waals surface area contributed by atoms with Crippen LogP contribution in [0.1, 0.15) is 25.1 Å².